The van der Waals surface area contributed by atoms with E-state index in [9.17, 15) is 9.90 Å². The number of rotatable bonds is 4. The molecule has 4 nitrogen and oxygen atoms in total. The second kappa shape index (κ2) is 5.95. The maximum Gasteiger partial charge on any atom is 0.259 e. The van der Waals surface area contributed by atoms with E-state index in [4.69, 9.17) is 0 Å². The van der Waals surface area contributed by atoms with Gasteiger partial charge in [0.2, 0.25) is 0 Å². The van der Waals surface area contributed by atoms with Crippen LogP contribution in [-0.2, 0) is 0 Å². The highest BCUT2D eigenvalue weighted by atomic mass is 16.3. The third-order valence-corrected chi connectivity index (χ3v) is 3.73. The molecule has 19 heavy (non-hydrogen) atoms. The molecular formula is C15H22N2O2. The van der Waals surface area contributed by atoms with Crippen LogP contribution in [0.3, 0.4) is 0 Å². The number of amides is 1. The largest absolute Gasteiger partial charge is 0.507 e. The van der Waals surface area contributed by atoms with Crippen LogP contribution in [0.1, 0.15) is 37.0 Å². The predicted octanol–water partition coefficient (Wildman–Crippen LogP) is 2.47. The first-order valence-electron chi connectivity index (χ1n) is 7.05. The first-order valence-corrected chi connectivity index (χ1v) is 7.05. The molecule has 4 heteroatoms. The van der Waals surface area contributed by atoms with Crippen LogP contribution in [0.4, 0.5) is 5.69 Å². The molecule has 1 aromatic carbocycles. The van der Waals surface area contributed by atoms with Crippen LogP contribution in [-0.4, -0.2) is 42.1 Å². The van der Waals surface area contributed by atoms with Crippen LogP contribution in [0, 0.1) is 0 Å². The molecule has 1 fully saturated rings. The summed E-state index contributed by atoms with van der Waals surface area (Å²) in [6.45, 7) is 7.14. The summed E-state index contributed by atoms with van der Waals surface area (Å²) in [6, 6.07) is 5.33. The molecule has 0 saturated carbocycles. The minimum absolute atomic E-state index is 0.0787. The molecule has 2 rings (SSSR count). The lowest BCUT2D eigenvalue weighted by atomic mass is 10.1. The van der Waals surface area contributed by atoms with Gasteiger partial charge in [0.15, 0.2) is 0 Å². The van der Waals surface area contributed by atoms with Crippen molar-refractivity contribution in [3.8, 4) is 5.75 Å². The van der Waals surface area contributed by atoms with Gasteiger partial charge in [-0.2, -0.15) is 0 Å². The lowest BCUT2D eigenvalue weighted by Gasteiger charge is -2.25. The molecule has 1 aromatic rings. The van der Waals surface area contributed by atoms with E-state index in [0.29, 0.717) is 18.7 Å². The highest BCUT2D eigenvalue weighted by Gasteiger charge is 2.24. The number of anilines is 1. The zero-order valence-electron chi connectivity index (χ0n) is 11.7. The van der Waals surface area contributed by atoms with Crippen molar-refractivity contribution in [2.75, 3.05) is 31.1 Å². The number of carbonyl (C=O) groups excluding carboxylic acids is 1. The fourth-order valence-electron chi connectivity index (χ4n) is 2.64. The van der Waals surface area contributed by atoms with Gasteiger partial charge in [0.1, 0.15) is 11.3 Å². The standard InChI is InChI=1S/C15H22N2O2/c1-3-16(4-2)15(19)14-12(8-7-9-13(14)18)17-10-5-6-11-17/h7-9,18H,3-6,10-11H2,1-2H3. The monoisotopic (exact) mass is 262 g/mol. The van der Waals surface area contributed by atoms with Crippen LogP contribution in [0.5, 0.6) is 5.75 Å². The Morgan fingerprint density at radius 1 is 1.26 bits per heavy atom. The Labute approximate surface area is 114 Å². The number of hydrogen-bond acceptors (Lipinski definition) is 3. The highest BCUT2D eigenvalue weighted by molar-refractivity contribution is 6.02. The topological polar surface area (TPSA) is 43.8 Å². The summed E-state index contributed by atoms with van der Waals surface area (Å²) >= 11 is 0. The second-order valence-electron chi connectivity index (χ2n) is 4.84. The van der Waals surface area contributed by atoms with Gasteiger partial charge in [-0.1, -0.05) is 6.07 Å². The summed E-state index contributed by atoms with van der Waals surface area (Å²) in [6.07, 6.45) is 2.29. The maximum absolute atomic E-state index is 12.5. The molecule has 0 unspecified atom stereocenters. The fourth-order valence-corrected chi connectivity index (χ4v) is 2.64. The molecular weight excluding hydrogens is 240 g/mol. The summed E-state index contributed by atoms with van der Waals surface area (Å²) in [7, 11) is 0. The zero-order chi connectivity index (χ0) is 13.8. The van der Waals surface area contributed by atoms with Gasteiger partial charge in [-0.3, -0.25) is 4.79 Å². The van der Waals surface area contributed by atoms with Gasteiger partial charge in [0.25, 0.3) is 5.91 Å². The Balaban J connectivity index is 2.39. The second-order valence-corrected chi connectivity index (χ2v) is 4.84. The summed E-state index contributed by atoms with van der Waals surface area (Å²) in [5, 5.41) is 10.1. The van der Waals surface area contributed by atoms with Gasteiger partial charge in [-0.05, 0) is 38.8 Å². The van der Waals surface area contributed by atoms with E-state index in [-0.39, 0.29) is 11.7 Å². The number of aromatic hydroxyl groups is 1. The number of phenols is 1. The number of nitrogens with zero attached hydrogens (tertiary/aromatic N) is 2. The van der Waals surface area contributed by atoms with E-state index in [1.54, 1.807) is 11.0 Å². The van der Waals surface area contributed by atoms with Crippen LogP contribution >= 0.6 is 0 Å². The molecule has 0 aromatic heterocycles. The van der Waals surface area contributed by atoms with Crippen molar-refractivity contribution < 1.29 is 9.90 Å². The van der Waals surface area contributed by atoms with Crippen LogP contribution in [0.2, 0.25) is 0 Å². The molecule has 0 radical (unpaired) electrons. The Kier molecular flexibility index (Phi) is 4.30. The molecule has 0 spiro atoms. The summed E-state index contributed by atoms with van der Waals surface area (Å²) in [5.41, 5.74) is 1.32. The Morgan fingerprint density at radius 2 is 1.89 bits per heavy atom. The molecule has 1 N–H and O–H groups in total. The molecule has 104 valence electrons. The molecule has 0 aliphatic carbocycles. The fraction of sp³-hybridized carbons (Fsp3) is 0.533. The molecule has 0 atom stereocenters. The van der Waals surface area contributed by atoms with E-state index < -0.39 is 0 Å². The first kappa shape index (κ1) is 13.7. The predicted molar refractivity (Wildman–Crippen MR) is 76.8 cm³/mol. The number of carbonyl (C=O) groups is 1. The third kappa shape index (κ3) is 2.67. The minimum Gasteiger partial charge on any atom is -0.507 e. The van der Waals surface area contributed by atoms with Crippen LogP contribution in [0.25, 0.3) is 0 Å². The average molecular weight is 262 g/mol. The number of hydrogen-bond donors (Lipinski definition) is 1. The number of phenolic OH excluding ortho intramolecular Hbond substituents is 1. The molecule has 1 amide bonds. The maximum atomic E-state index is 12.5. The van der Waals surface area contributed by atoms with Gasteiger partial charge in [-0.15, -0.1) is 0 Å². The quantitative estimate of drug-likeness (QED) is 0.906. The Hall–Kier alpha value is -1.71. The van der Waals surface area contributed by atoms with E-state index >= 15 is 0 Å². The van der Waals surface area contributed by atoms with E-state index in [2.05, 4.69) is 4.90 Å². The van der Waals surface area contributed by atoms with Crippen LogP contribution < -0.4 is 4.90 Å². The average Bonchev–Trinajstić information content (AvgIpc) is 2.93. The first-order chi connectivity index (χ1) is 9.19. The van der Waals surface area contributed by atoms with E-state index in [0.717, 1.165) is 31.6 Å². The van der Waals surface area contributed by atoms with E-state index in [1.807, 2.05) is 26.0 Å². The van der Waals surface area contributed by atoms with E-state index in [1.165, 1.54) is 0 Å². The molecule has 1 saturated heterocycles. The summed E-state index contributed by atoms with van der Waals surface area (Å²) in [5.74, 6) is 0.00583. The SMILES string of the molecule is CCN(CC)C(=O)c1c(O)cccc1N1CCCC1. The van der Waals surface area contributed by atoms with Crippen molar-refractivity contribution in [3.63, 3.8) is 0 Å². The Bertz CT molecular complexity index is 449. The van der Waals surface area contributed by atoms with Gasteiger partial charge in [-0.25, -0.2) is 0 Å². The van der Waals surface area contributed by atoms with Crippen LogP contribution in [0.15, 0.2) is 18.2 Å². The van der Waals surface area contributed by atoms with Crippen molar-refractivity contribution in [2.45, 2.75) is 26.7 Å². The molecule has 1 heterocycles. The van der Waals surface area contributed by atoms with Gasteiger partial charge >= 0.3 is 0 Å². The van der Waals surface area contributed by atoms with Crippen molar-refractivity contribution >= 4 is 11.6 Å². The summed E-state index contributed by atoms with van der Waals surface area (Å²) < 4.78 is 0. The minimum atomic E-state index is -0.0787. The Morgan fingerprint density at radius 3 is 2.47 bits per heavy atom. The summed E-state index contributed by atoms with van der Waals surface area (Å²) in [4.78, 5) is 16.5. The van der Waals surface area contributed by atoms with Gasteiger partial charge in [0, 0.05) is 26.2 Å². The van der Waals surface area contributed by atoms with Crippen molar-refractivity contribution in [1.82, 2.24) is 4.90 Å². The normalized spacial score (nSPS) is 14.7. The van der Waals surface area contributed by atoms with Gasteiger partial charge < -0.3 is 14.9 Å². The zero-order valence-corrected chi connectivity index (χ0v) is 11.7. The smallest absolute Gasteiger partial charge is 0.259 e. The van der Waals surface area contributed by atoms with Crippen molar-refractivity contribution in [1.29, 1.82) is 0 Å². The molecule has 1 aliphatic heterocycles. The number of benzene rings is 1. The van der Waals surface area contributed by atoms with Gasteiger partial charge in [0.05, 0.1) is 5.69 Å². The highest BCUT2D eigenvalue weighted by Crippen LogP contribution is 2.31. The third-order valence-electron chi connectivity index (χ3n) is 3.73. The lowest BCUT2D eigenvalue weighted by molar-refractivity contribution is 0.0770. The van der Waals surface area contributed by atoms with Crippen molar-refractivity contribution in [3.05, 3.63) is 23.8 Å². The molecule has 0 bridgehead atoms. The molecule has 1 aliphatic rings. The lowest BCUT2D eigenvalue weighted by Crippen LogP contribution is -2.32. The van der Waals surface area contributed by atoms with Crippen molar-refractivity contribution in [2.24, 2.45) is 0 Å².